The van der Waals surface area contributed by atoms with Crippen molar-refractivity contribution >= 4 is 16.5 Å². The Labute approximate surface area is 112 Å². The molecule has 0 spiro atoms. The number of fused-ring (bicyclic) bond motifs is 1. The molecule has 0 aliphatic carbocycles. The lowest BCUT2D eigenvalue weighted by molar-refractivity contribution is 0.627. The zero-order chi connectivity index (χ0) is 13.1. The third-order valence-electron chi connectivity index (χ3n) is 3.33. The Kier molecular flexibility index (Phi) is 3.19. The van der Waals surface area contributed by atoms with Crippen LogP contribution in [0.25, 0.3) is 10.8 Å². The van der Waals surface area contributed by atoms with E-state index < -0.39 is 0 Å². The monoisotopic (exact) mass is 251 g/mol. The Bertz CT molecular complexity index is 685. The minimum absolute atomic E-state index is 0.798. The largest absolute Gasteiger partial charge is 0.379 e. The number of nitrogens with one attached hydrogen (secondary N) is 1. The minimum Gasteiger partial charge on any atom is -0.379 e. The molecular weight excluding hydrogens is 234 g/mol. The van der Waals surface area contributed by atoms with Gasteiger partial charge in [0, 0.05) is 18.4 Å². The highest BCUT2D eigenvalue weighted by Gasteiger charge is 2.01. The van der Waals surface area contributed by atoms with Crippen molar-refractivity contribution in [3.63, 3.8) is 0 Å². The summed E-state index contributed by atoms with van der Waals surface area (Å²) >= 11 is 0. The van der Waals surface area contributed by atoms with Crippen LogP contribution in [0.1, 0.15) is 12.6 Å². The number of hydrogen-bond donors (Lipinski definition) is 1. The topological polar surface area (TPSA) is 29.9 Å². The Hall–Kier alpha value is -2.29. The highest BCUT2D eigenvalue weighted by Crippen LogP contribution is 2.19. The van der Waals surface area contributed by atoms with Gasteiger partial charge in [0.25, 0.3) is 0 Å². The molecule has 0 saturated heterocycles. The molecule has 3 aromatic rings. The van der Waals surface area contributed by atoms with Gasteiger partial charge in [-0.3, -0.25) is 4.68 Å². The third kappa shape index (κ3) is 2.45. The van der Waals surface area contributed by atoms with Crippen LogP contribution in [0.5, 0.6) is 0 Å². The molecule has 0 unspecified atom stereocenters. The smallest absolute Gasteiger partial charge is 0.0575 e. The van der Waals surface area contributed by atoms with Gasteiger partial charge in [0.15, 0.2) is 0 Å². The predicted molar refractivity (Wildman–Crippen MR) is 79.2 cm³/mol. The minimum atomic E-state index is 0.798. The average Bonchev–Trinajstić information content (AvgIpc) is 2.92. The van der Waals surface area contributed by atoms with Crippen LogP contribution >= 0.6 is 0 Å². The van der Waals surface area contributed by atoms with E-state index in [0.717, 1.165) is 18.8 Å². The van der Waals surface area contributed by atoms with Crippen LogP contribution in [-0.4, -0.2) is 9.78 Å². The Morgan fingerprint density at radius 1 is 1.05 bits per heavy atom. The Morgan fingerprint density at radius 3 is 2.74 bits per heavy atom. The molecule has 0 amide bonds. The van der Waals surface area contributed by atoms with Crippen molar-refractivity contribution in [3.05, 3.63) is 60.4 Å². The number of anilines is 1. The van der Waals surface area contributed by atoms with Crippen molar-refractivity contribution in [2.75, 3.05) is 5.32 Å². The van der Waals surface area contributed by atoms with E-state index in [1.165, 1.54) is 16.5 Å². The summed E-state index contributed by atoms with van der Waals surface area (Å²) in [5.74, 6) is 0. The lowest BCUT2D eigenvalue weighted by Gasteiger charge is -2.09. The molecule has 1 heterocycles. The first-order valence-electron chi connectivity index (χ1n) is 6.60. The van der Waals surface area contributed by atoms with Gasteiger partial charge in [-0.2, -0.15) is 5.10 Å². The fourth-order valence-corrected chi connectivity index (χ4v) is 2.29. The van der Waals surface area contributed by atoms with Crippen molar-refractivity contribution in [2.45, 2.75) is 20.0 Å². The molecular formula is C16H17N3. The first kappa shape index (κ1) is 11.8. The molecule has 19 heavy (non-hydrogen) atoms. The maximum atomic E-state index is 4.27. The Balaban J connectivity index is 1.78. The maximum absolute atomic E-state index is 4.27. The SMILES string of the molecule is CCn1nccc1CNc1ccc2ccccc2c1. The molecule has 96 valence electrons. The van der Waals surface area contributed by atoms with E-state index >= 15 is 0 Å². The second kappa shape index (κ2) is 5.14. The summed E-state index contributed by atoms with van der Waals surface area (Å²) in [5.41, 5.74) is 2.35. The number of hydrogen-bond acceptors (Lipinski definition) is 2. The van der Waals surface area contributed by atoms with Gasteiger partial charge in [0.2, 0.25) is 0 Å². The Morgan fingerprint density at radius 2 is 1.89 bits per heavy atom. The van der Waals surface area contributed by atoms with Crippen LogP contribution in [-0.2, 0) is 13.1 Å². The molecule has 1 N–H and O–H groups in total. The molecule has 2 aromatic carbocycles. The first-order chi connectivity index (χ1) is 9.36. The zero-order valence-electron chi connectivity index (χ0n) is 11.0. The number of benzene rings is 2. The van der Waals surface area contributed by atoms with E-state index in [1.807, 2.05) is 10.9 Å². The van der Waals surface area contributed by atoms with Gasteiger partial charge in [0.05, 0.1) is 12.2 Å². The summed E-state index contributed by atoms with van der Waals surface area (Å²) in [6, 6.07) is 16.9. The molecule has 3 nitrogen and oxygen atoms in total. The second-order valence-corrected chi connectivity index (χ2v) is 4.55. The summed E-state index contributed by atoms with van der Waals surface area (Å²) in [6.45, 7) is 3.81. The van der Waals surface area contributed by atoms with Crippen molar-refractivity contribution in [2.24, 2.45) is 0 Å². The standard InChI is InChI=1S/C16H17N3/c1-2-19-16(9-10-18-19)12-17-15-8-7-13-5-3-4-6-14(13)11-15/h3-11,17H,2,12H2,1H3. The molecule has 0 bridgehead atoms. The normalized spacial score (nSPS) is 10.8. The second-order valence-electron chi connectivity index (χ2n) is 4.55. The summed E-state index contributed by atoms with van der Waals surface area (Å²) in [5, 5.41) is 10.3. The van der Waals surface area contributed by atoms with Gasteiger partial charge in [-0.1, -0.05) is 30.3 Å². The van der Waals surface area contributed by atoms with Crippen LogP contribution < -0.4 is 5.32 Å². The molecule has 3 rings (SSSR count). The zero-order valence-corrected chi connectivity index (χ0v) is 11.0. The average molecular weight is 251 g/mol. The quantitative estimate of drug-likeness (QED) is 0.766. The van der Waals surface area contributed by atoms with Gasteiger partial charge in [-0.25, -0.2) is 0 Å². The first-order valence-corrected chi connectivity index (χ1v) is 6.60. The van der Waals surface area contributed by atoms with E-state index in [9.17, 15) is 0 Å². The third-order valence-corrected chi connectivity index (χ3v) is 3.33. The molecule has 0 fully saturated rings. The molecule has 1 aromatic heterocycles. The van der Waals surface area contributed by atoms with E-state index in [4.69, 9.17) is 0 Å². The van der Waals surface area contributed by atoms with Crippen LogP contribution in [0, 0.1) is 0 Å². The maximum Gasteiger partial charge on any atom is 0.0575 e. The van der Waals surface area contributed by atoms with Gasteiger partial charge >= 0.3 is 0 Å². The van der Waals surface area contributed by atoms with Crippen LogP contribution in [0.4, 0.5) is 5.69 Å². The molecule has 0 saturated carbocycles. The van der Waals surface area contributed by atoms with Crippen molar-refractivity contribution in [3.8, 4) is 0 Å². The number of aromatic nitrogens is 2. The van der Waals surface area contributed by atoms with Crippen LogP contribution in [0.15, 0.2) is 54.7 Å². The van der Waals surface area contributed by atoms with E-state index in [-0.39, 0.29) is 0 Å². The number of aryl methyl sites for hydroxylation is 1. The van der Waals surface area contributed by atoms with Crippen molar-refractivity contribution in [1.29, 1.82) is 0 Å². The molecule has 0 radical (unpaired) electrons. The summed E-state index contributed by atoms with van der Waals surface area (Å²) < 4.78 is 2.01. The fraction of sp³-hybridized carbons (Fsp3) is 0.188. The number of rotatable bonds is 4. The number of nitrogens with zero attached hydrogens (tertiary/aromatic N) is 2. The van der Waals surface area contributed by atoms with Crippen LogP contribution in [0.2, 0.25) is 0 Å². The summed E-state index contributed by atoms with van der Waals surface area (Å²) in [4.78, 5) is 0. The lowest BCUT2D eigenvalue weighted by Crippen LogP contribution is -2.07. The fourth-order valence-electron chi connectivity index (χ4n) is 2.29. The highest BCUT2D eigenvalue weighted by atomic mass is 15.3. The molecule has 0 aliphatic heterocycles. The van der Waals surface area contributed by atoms with Crippen LogP contribution in [0.3, 0.4) is 0 Å². The highest BCUT2D eigenvalue weighted by molar-refractivity contribution is 5.85. The van der Waals surface area contributed by atoms with Crippen molar-refractivity contribution in [1.82, 2.24) is 9.78 Å². The summed E-state index contributed by atoms with van der Waals surface area (Å²) in [7, 11) is 0. The summed E-state index contributed by atoms with van der Waals surface area (Å²) in [6.07, 6.45) is 1.85. The lowest BCUT2D eigenvalue weighted by atomic mass is 10.1. The van der Waals surface area contributed by atoms with E-state index in [1.54, 1.807) is 0 Å². The molecule has 0 atom stereocenters. The predicted octanol–water partition coefficient (Wildman–Crippen LogP) is 3.67. The van der Waals surface area contributed by atoms with Gasteiger partial charge in [0.1, 0.15) is 0 Å². The van der Waals surface area contributed by atoms with Gasteiger partial charge in [-0.05, 0) is 35.9 Å². The van der Waals surface area contributed by atoms with Gasteiger partial charge in [-0.15, -0.1) is 0 Å². The van der Waals surface area contributed by atoms with Crippen molar-refractivity contribution < 1.29 is 0 Å². The van der Waals surface area contributed by atoms with E-state index in [2.05, 4.69) is 65.9 Å². The molecule has 0 aliphatic rings. The van der Waals surface area contributed by atoms with E-state index in [0.29, 0.717) is 0 Å². The molecule has 3 heteroatoms. The van der Waals surface area contributed by atoms with Gasteiger partial charge < -0.3 is 5.32 Å².